The Hall–Kier alpha value is -2.02. The van der Waals surface area contributed by atoms with Gasteiger partial charge in [-0.15, -0.1) is 0 Å². The molecule has 0 N–H and O–H groups in total. The molecule has 2 rings (SSSR count). The highest BCUT2D eigenvalue weighted by Crippen LogP contribution is 2.41. The molecule has 0 unspecified atom stereocenters. The van der Waals surface area contributed by atoms with Gasteiger partial charge in [-0.05, 0) is 36.4 Å². The molecule has 2 aromatic carbocycles. The van der Waals surface area contributed by atoms with Crippen LogP contribution in [-0.4, -0.2) is 13.4 Å². The largest absolute Gasteiger partial charge is 0.493 e. The summed E-state index contributed by atoms with van der Waals surface area (Å²) in [6.45, 7) is 0. The molecule has 0 spiro atoms. The lowest BCUT2D eigenvalue weighted by Gasteiger charge is -2.16. The third-order valence-corrected chi connectivity index (χ3v) is 3.28. The molecule has 0 atom stereocenters. The molecule has 0 aliphatic rings. The molecule has 0 aliphatic heterocycles. The highest BCUT2D eigenvalue weighted by atomic mass is 79.9. The zero-order chi connectivity index (χ0) is 16.3. The third-order valence-electron chi connectivity index (χ3n) is 2.79. The van der Waals surface area contributed by atoms with Crippen molar-refractivity contribution in [1.82, 2.24) is 0 Å². The van der Waals surface area contributed by atoms with Crippen LogP contribution in [0.15, 0.2) is 40.9 Å². The minimum absolute atomic E-state index is 0.0842. The van der Waals surface area contributed by atoms with E-state index in [1.807, 2.05) is 0 Å². The zero-order valence-corrected chi connectivity index (χ0v) is 12.9. The molecule has 0 saturated heterocycles. The van der Waals surface area contributed by atoms with Gasteiger partial charge in [-0.3, -0.25) is 4.79 Å². The van der Waals surface area contributed by atoms with Crippen LogP contribution in [-0.2, 0) is 6.18 Å². The molecular weight excluding hydrogens is 365 g/mol. The van der Waals surface area contributed by atoms with Crippen LogP contribution in [0.3, 0.4) is 0 Å². The highest BCUT2D eigenvalue weighted by Gasteiger charge is 2.35. The average Bonchev–Trinajstić information content (AvgIpc) is 2.48. The van der Waals surface area contributed by atoms with E-state index in [9.17, 15) is 18.0 Å². The summed E-state index contributed by atoms with van der Waals surface area (Å²) in [5, 5.41) is 0. The summed E-state index contributed by atoms with van der Waals surface area (Å²) in [6.07, 6.45) is -3.96. The van der Waals surface area contributed by atoms with Crippen molar-refractivity contribution in [3.8, 4) is 17.2 Å². The second kappa shape index (κ2) is 6.39. The summed E-state index contributed by atoms with van der Waals surface area (Å²) in [5.74, 6) is -0.102. The van der Waals surface area contributed by atoms with Gasteiger partial charge in [0.1, 0.15) is 12.0 Å². The van der Waals surface area contributed by atoms with Crippen LogP contribution >= 0.6 is 15.9 Å². The monoisotopic (exact) mass is 374 g/mol. The minimum Gasteiger partial charge on any atom is -0.493 e. The van der Waals surface area contributed by atoms with Gasteiger partial charge in [0, 0.05) is 10.0 Å². The molecule has 7 heteroatoms. The molecular formula is C15H10BrF3O3. The Balaban J connectivity index is 2.45. The van der Waals surface area contributed by atoms with Crippen molar-refractivity contribution in [2.75, 3.05) is 7.11 Å². The number of carbonyl (C=O) groups is 1. The molecule has 0 aromatic heterocycles. The maximum atomic E-state index is 13.1. The van der Waals surface area contributed by atoms with E-state index in [0.717, 1.165) is 6.07 Å². The molecule has 2 aromatic rings. The number of halogens is 4. The van der Waals surface area contributed by atoms with E-state index in [-0.39, 0.29) is 21.7 Å². The Morgan fingerprint density at radius 1 is 1.05 bits per heavy atom. The van der Waals surface area contributed by atoms with Gasteiger partial charge in [0.2, 0.25) is 0 Å². The minimum atomic E-state index is -4.56. The van der Waals surface area contributed by atoms with Gasteiger partial charge in [-0.1, -0.05) is 15.9 Å². The van der Waals surface area contributed by atoms with Gasteiger partial charge >= 0.3 is 6.18 Å². The van der Waals surface area contributed by atoms with Crippen molar-refractivity contribution in [3.05, 3.63) is 52.0 Å². The second-order valence-electron chi connectivity index (χ2n) is 4.27. The molecule has 0 saturated carbocycles. The van der Waals surface area contributed by atoms with E-state index in [1.165, 1.54) is 37.4 Å². The Labute approximate surface area is 132 Å². The van der Waals surface area contributed by atoms with Crippen LogP contribution in [0.2, 0.25) is 0 Å². The van der Waals surface area contributed by atoms with E-state index in [0.29, 0.717) is 11.8 Å². The molecule has 0 amide bonds. The van der Waals surface area contributed by atoms with Gasteiger partial charge in [-0.2, -0.15) is 13.2 Å². The quantitative estimate of drug-likeness (QED) is 0.699. The van der Waals surface area contributed by atoms with Gasteiger partial charge in [0.05, 0.1) is 12.7 Å². The van der Waals surface area contributed by atoms with Crippen molar-refractivity contribution in [1.29, 1.82) is 0 Å². The number of hydrogen-bond donors (Lipinski definition) is 0. The average molecular weight is 375 g/mol. The van der Waals surface area contributed by atoms with Gasteiger partial charge in [-0.25, -0.2) is 0 Å². The van der Waals surface area contributed by atoms with Crippen molar-refractivity contribution < 1.29 is 27.4 Å². The third kappa shape index (κ3) is 3.59. The van der Waals surface area contributed by atoms with Crippen LogP contribution in [0.1, 0.15) is 15.9 Å². The highest BCUT2D eigenvalue weighted by molar-refractivity contribution is 9.10. The fraction of sp³-hybridized carbons (Fsp3) is 0.133. The Morgan fingerprint density at radius 2 is 1.73 bits per heavy atom. The van der Waals surface area contributed by atoms with E-state index in [1.54, 1.807) is 0 Å². The van der Waals surface area contributed by atoms with Crippen LogP contribution < -0.4 is 9.47 Å². The van der Waals surface area contributed by atoms with Gasteiger partial charge < -0.3 is 9.47 Å². The Kier molecular flexibility index (Phi) is 4.75. The second-order valence-corrected chi connectivity index (χ2v) is 5.18. The molecule has 0 fully saturated rings. The first-order valence-electron chi connectivity index (χ1n) is 6.03. The number of alkyl halides is 3. The molecule has 0 radical (unpaired) electrons. The predicted molar refractivity (Wildman–Crippen MR) is 77.6 cm³/mol. The van der Waals surface area contributed by atoms with E-state index in [2.05, 4.69) is 15.9 Å². The SMILES string of the molecule is COc1cc(C=O)ccc1Oc1ccc(Br)cc1C(F)(F)F. The normalized spacial score (nSPS) is 11.1. The van der Waals surface area contributed by atoms with Gasteiger partial charge in [0.15, 0.2) is 11.5 Å². The molecule has 0 aliphatic carbocycles. The summed E-state index contributed by atoms with van der Waals surface area (Å²) in [4.78, 5) is 10.7. The first kappa shape index (κ1) is 16.4. The molecule has 0 heterocycles. The van der Waals surface area contributed by atoms with Crippen LogP contribution in [0.4, 0.5) is 13.2 Å². The lowest BCUT2D eigenvalue weighted by molar-refractivity contribution is -0.138. The number of methoxy groups -OCH3 is 1. The summed E-state index contributed by atoms with van der Waals surface area (Å²) in [7, 11) is 1.34. The van der Waals surface area contributed by atoms with Crippen molar-refractivity contribution >= 4 is 22.2 Å². The summed E-state index contributed by atoms with van der Waals surface area (Å²) in [5.41, 5.74) is -0.584. The lowest BCUT2D eigenvalue weighted by atomic mass is 10.2. The van der Waals surface area contributed by atoms with Crippen molar-refractivity contribution in [2.45, 2.75) is 6.18 Å². The van der Waals surface area contributed by atoms with Crippen molar-refractivity contribution in [3.63, 3.8) is 0 Å². The predicted octanol–water partition coefficient (Wildman–Crippen LogP) is 5.08. The van der Waals surface area contributed by atoms with Crippen molar-refractivity contribution in [2.24, 2.45) is 0 Å². The van der Waals surface area contributed by atoms with E-state index < -0.39 is 11.7 Å². The topological polar surface area (TPSA) is 35.5 Å². The van der Waals surface area contributed by atoms with Crippen LogP contribution in [0.25, 0.3) is 0 Å². The number of ether oxygens (including phenoxy) is 2. The number of carbonyl (C=O) groups excluding carboxylic acids is 1. The first-order chi connectivity index (χ1) is 10.3. The van der Waals surface area contributed by atoms with E-state index in [4.69, 9.17) is 9.47 Å². The van der Waals surface area contributed by atoms with Crippen LogP contribution in [0.5, 0.6) is 17.2 Å². The van der Waals surface area contributed by atoms with E-state index >= 15 is 0 Å². The smallest absolute Gasteiger partial charge is 0.420 e. The summed E-state index contributed by atoms with van der Waals surface area (Å²) >= 11 is 3.00. The first-order valence-corrected chi connectivity index (χ1v) is 6.82. The fourth-order valence-electron chi connectivity index (χ4n) is 1.77. The van der Waals surface area contributed by atoms with Gasteiger partial charge in [0.25, 0.3) is 0 Å². The number of aldehydes is 1. The molecule has 0 bridgehead atoms. The lowest BCUT2D eigenvalue weighted by Crippen LogP contribution is -2.07. The fourth-order valence-corrected chi connectivity index (χ4v) is 2.13. The standard InChI is InChI=1S/C15H10BrF3O3/c1-21-14-6-9(8-20)2-4-13(14)22-12-5-3-10(16)7-11(12)15(17,18)19/h2-8H,1H3. The maximum Gasteiger partial charge on any atom is 0.420 e. The Morgan fingerprint density at radius 3 is 2.32 bits per heavy atom. The number of benzene rings is 2. The maximum absolute atomic E-state index is 13.1. The number of hydrogen-bond acceptors (Lipinski definition) is 3. The summed E-state index contributed by atoms with van der Waals surface area (Å²) in [6, 6.07) is 7.77. The summed E-state index contributed by atoms with van der Waals surface area (Å²) < 4.78 is 49.8. The molecule has 3 nitrogen and oxygen atoms in total. The number of rotatable bonds is 4. The Bertz CT molecular complexity index is 699. The molecule has 116 valence electrons. The zero-order valence-electron chi connectivity index (χ0n) is 11.3. The molecule has 22 heavy (non-hydrogen) atoms. The van der Waals surface area contributed by atoms with Crippen LogP contribution in [0, 0.1) is 0 Å².